The molecule has 0 bridgehead atoms. The third-order valence-corrected chi connectivity index (χ3v) is 12.6. The van der Waals surface area contributed by atoms with Gasteiger partial charge in [0, 0.05) is 51.2 Å². The maximum absolute atomic E-state index is 13.9. The van der Waals surface area contributed by atoms with Crippen LogP contribution >= 0.6 is 11.3 Å². The standard InChI is InChI=1S/C38H35N5O4S3/c1-42(2)21-9-22-43(50(46,47)31-12-7-4-8-13-31)30-17-14-27(15-18-30)34-25-39-38-37(36(34)28-10-5-3-6-11-28)33-24-29(16-19-35(33)40-38)41-49(44,45)32-20-23-48-26-32/h3-8,10-20,23-26,41H,9,21-22H2,1-2H3,(H,39,40). The Morgan fingerprint density at radius 2 is 1.50 bits per heavy atom. The number of nitrogens with zero attached hydrogens (tertiary/aromatic N) is 3. The van der Waals surface area contributed by atoms with E-state index in [2.05, 4.69) is 9.71 Å². The van der Waals surface area contributed by atoms with Crippen LogP contribution in [0.2, 0.25) is 0 Å². The van der Waals surface area contributed by atoms with Crippen molar-refractivity contribution in [3.05, 3.63) is 126 Å². The summed E-state index contributed by atoms with van der Waals surface area (Å²) in [4.78, 5) is 10.7. The zero-order chi connectivity index (χ0) is 34.9. The molecule has 254 valence electrons. The van der Waals surface area contributed by atoms with Crippen molar-refractivity contribution in [1.82, 2.24) is 14.9 Å². The number of pyridine rings is 1. The van der Waals surface area contributed by atoms with E-state index < -0.39 is 20.0 Å². The predicted molar refractivity (Wildman–Crippen MR) is 204 cm³/mol. The van der Waals surface area contributed by atoms with Crippen LogP contribution < -0.4 is 9.03 Å². The number of rotatable bonds is 12. The lowest BCUT2D eigenvalue weighted by atomic mass is 9.92. The molecule has 2 N–H and O–H groups in total. The summed E-state index contributed by atoms with van der Waals surface area (Å²) in [5.74, 6) is 0. The second kappa shape index (κ2) is 13.7. The number of aromatic amines is 1. The molecule has 0 aliphatic carbocycles. The second-order valence-electron chi connectivity index (χ2n) is 12.2. The molecular formula is C38H35N5O4S3. The zero-order valence-corrected chi connectivity index (χ0v) is 29.9. The van der Waals surface area contributed by atoms with Crippen LogP contribution in [0, 0.1) is 0 Å². The molecular weight excluding hydrogens is 687 g/mol. The quantitative estimate of drug-likeness (QED) is 0.132. The summed E-state index contributed by atoms with van der Waals surface area (Å²) in [6.07, 6.45) is 2.48. The maximum Gasteiger partial charge on any atom is 0.264 e. The van der Waals surface area contributed by atoms with Crippen molar-refractivity contribution >= 4 is 64.7 Å². The summed E-state index contributed by atoms with van der Waals surface area (Å²) < 4.78 is 58.1. The number of benzene rings is 4. The third kappa shape index (κ3) is 6.62. The summed E-state index contributed by atoms with van der Waals surface area (Å²) in [6.45, 7) is 1.07. The van der Waals surface area contributed by atoms with Gasteiger partial charge in [0.1, 0.15) is 5.65 Å². The number of nitrogens with one attached hydrogen (secondary N) is 2. The van der Waals surface area contributed by atoms with Gasteiger partial charge in [-0.2, -0.15) is 11.3 Å². The third-order valence-electron chi connectivity index (χ3n) is 8.50. The lowest BCUT2D eigenvalue weighted by Gasteiger charge is -2.25. The van der Waals surface area contributed by atoms with Crippen LogP contribution in [0.1, 0.15) is 6.42 Å². The highest BCUT2D eigenvalue weighted by atomic mass is 32.2. The Morgan fingerprint density at radius 3 is 2.18 bits per heavy atom. The van der Waals surface area contributed by atoms with E-state index in [0.29, 0.717) is 30.0 Å². The Kier molecular flexibility index (Phi) is 9.19. The van der Waals surface area contributed by atoms with Crippen molar-refractivity contribution in [3.63, 3.8) is 0 Å². The molecule has 0 aliphatic rings. The van der Waals surface area contributed by atoms with E-state index in [1.54, 1.807) is 53.2 Å². The van der Waals surface area contributed by atoms with Crippen LogP contribution in [-0.4, -0.2) is 58.9 Å². The fourth-order valence-corrected chi connectivity index (χ4v) is 9.71. The molecule has 0 fully saturated rings. The van der Waals surface area contributed by atoms with E-state index in [-0.39, 0.29) is 9.79 Å². The number of H-pyrrole nitrogens is 1. The predicted octanol–water partition coefficient (Wildman–Crippen LogP) is 8.06. The monoisotopic (exact) mass is 721 g/mol. The van der Waals surface area contributed by atoms with Crippen molar-refractivity contribution < 1.29 is 16.8 Å². The lowest BCUT2D eigenvalue weighted by molar-refractivity contribution is 0.403. The first-order chi connectivity index (χ1) is 24.1. The summed E-state index contributed by atoms with van der Waals surface area (Å²) in [5.41, 5.74) is 6.08. The SMILES string of the molecule is CN(C)CCCN(c1ccc(-c2cnc3[nH]c4ccc(NS(=O)(=O)c5ccsc5)cc4c3c2-c2ccccc2)cc1)S(=O)(=O)c1ccccc1. The molecule has 4 aromatic carbocycles. The van der Waals surface area contributed by atoms with Gasteiger partial charge in [-0.3, -0.25) is 9.03 Å². The molecule has 0 unspecified atom stereocenters. The number of hydrogen-bond acceptors (Lipinski definition) is 7. The van der Waals surface area contributed by atoms with Crippen molar-refractivity contribution in [2.75, 3.05) is 36.2 Å². The first-order valence-electron chi connectivity index (χ1n) is 16.0. The van der Waals surface area contributed by atoms with Gasteiger partial charge in [0.05, 0.1) is 15.5 Å². The number of hydrogen-bond donors (Lipinski definition) is 2. The highest BCUT2D eigenvalue weighted by Gasteiger charge is 2.25. The Hall–Kier alpha value is -5.01. The minimum atomic E-state index is -3.81. The Labute approximate surface area is 296 Å². The van der Waals surface area contributed by atoms with Crippen LogP contribution in [-0.2, 0) is 20.0 Å². The molecule has 3 aromatic heterocycles. The summed E-state index contributed by atoms with van der Waals surface area (Å²) in [7, 11) is -3.62. The summed E-state index contributed by atoms with van der Waals surface area (Å²) in [5, 5.41) is 4.99. The molecule has 7 rings (SSSR count). The van der Waals surface area contributed by atoms with E-state index in [1.165, 1.54) is 15.6 Å². The molecule has 50 heavy (non-hydrogen) atoms. The molecule has 0 amide bonds. The van der Waals surface area contributed by atoms with Crippen LogP contribution in [0.25, 0.3) is 44.2 Å². The largest absolute Gasteiger partial charge is 0.339 e. The van der Waals surface area contributed by atoms with Crippen LogP contribution in [0.5, 0.6) is 0 Å². The van der Waals surface area contributed by atoms with Gasteiger partial charge in [-0.15, -0.1) is 0 Å². The fourth-order valence-electron chi connectivity index (χ4n) is 6.11. The topological polar surface area (TPSA) is 115 Å². The second-order valence-corrected chi connectivity index (χ2v) is 16.5. The molecule has 0 saturated heterocycles. The molecule has 0 saturated carbocycles. The summed E-state index contributed by atoms with van der Waals surface area (Å²) in [6, 6.07) is 33.0. The number of aromatic nitrogens is 2. The molecule has 0 atom stereocenters. The van der Waals surface area contributed by atoms with Gasteiger partial charge in [-0.1, -0.05) is 60.7 Å². The van der Waals surface area contributed by atoms with Crippen LogP contribution in [0.15, 0.2) is 136 Å². The lowest BCUT2D eigenvalue weighted by Crippen LogP contribution is -2.33. The molecule has 7 aromatic rings. The average molecular weight is 722 g/mol. The highest BCUT2D eigenvalue weighted by Crippen LogP contribution is 2.41. The molecule has 3 heterocycles. The minimum absolute atomic E-state index is 0.215. The van der Waals surface area contributed by atoms with Crippen LogP contribution in [0.3, 0.4) is 0 Å². The van der Waals surface area contributed by atoms with Gasteiger partial charge >= 0.3 is 0 Å². The van der Waals surface area contributed by atoms with Crippen molar-refractivity contribution in [1.29, 1.82) is 0 Å². The number of fused-ring (bicyclic) bond motifs is 3. The van der Waals surface area contributed by atoms with E-state index in [4.69, 9.17) is 4.98 Å². The molecule has 12 heteroatoms. The van der Waals surface area contributed by atoms with Crippen molar-refractivity contribution in [3.8, 4) is 22.3 Å². The Morgan fingerprint density at radius 1 is 0.780 bits per heavy atom. The van der Waals surface area contributed by atoms with Gasteiger partial charge in [0.25, 0.3) is 20.0 Å². The fraction of sp³-hybridized carbons (Fsp3) is 0.132. The van der Waals surface area contributed by atoms with E-state index >= 15 is 0 Å². The van der Waals surface area contributed by atoms with Crippen LogP contribution in [0.4, 0.5) is 11.4 Å². The van der Waals surface area contributed by atoms with Gasteiger partial charge in [-0.05, 0) is 92.1 Å². The van der Waals surface area contributed by atoms with Crippen molar-refractivity contribution in [2.45, 2.75) is 16.2 Å². The Bertz CT molecular complexity index is 2480. The minimum Gasteiger partial charge on any atom is -0.339 e. The van der Waals surface area contributed by atoms with E-state index in [9.17, 15) is 16.8 Å². The van der Waals surface area contributed by atoms with Gasteiger partial charge in [-0.25, -0.2) is 21.8 Å². The maximum atomic E-state index is 13.9. The molecule has 9 nitrogen and oxygen atoms in total. The van der Waals surface area contributed by atoms with Crippen molar-refractivity contribution in [2.24, 2.45) is 0 Å². The van der Waals surface area contributed by atoms with Gasteiger partial charge < -0.3 is 9.88 Å². The first-order valence-corrected chi connectivity index (χ1v) is 19.9. The smallest absolute Gasteiger partial charge is 0.264 e. The normalized spacial score (nSPS) is 12.1. The molecule has 0 spiro atoms. The van der Waals surface area contributed by atoms with E-state index in [0.717, 1.165) is 45.1 Å². The average Bonchev–Trinajstić information content (AvgIpc) is 3.80. The first kappa shape index (κ1) is 33.5. The zero-order valence-electron chi connectivity index (χ0n) is 27.4. The number of anilines is 2. The van der Waals surface area contributed by atoms with Gasteiger partial charge in [0.2, 0.25) is 0 Å². The molecule has 0 radical (unpaired) electrons. The van der Waals surface area contributed by atoms with Gasteiger partial charge in [0.15, 0.2) is 0 Å². The van der Waals surface area contributed by atoms with E-state index in [1.807, 2.05) is 91.9 Å². The Balaban J connectivity index is 1.34. The summed E-state index contributed by atoms with van der Waals surface area (Å²) >= 11 is 1.32. The number of thiophene rings is 1. The molecule has 0 aliphatic heterocycles. The highest BCUT2D eigenvalue weighted by molar-refractivity contribution is 7.93. The number of sulfonamides is 2.